The summed E-state index contributed by atoms with van der Waals surface area (Å²) < 4.78 is 10.4. The minimum atomic E-state index is -0.368. The normalized spacial score (nSPS) is 9.29. The van der Waals surface area contributed by atoms with Gasteiger partial charge in [0.1, 0.15) is 6.61 Å². The van der Waals surface area contributed by atoms with Crippen molar-refractivity contribution in [2.75, 3.05) is 19.0 Å². The molecule has 0 fully saturated rings. The Balaban J connectivity index is 3.42. The van der Waals surface area contributed by atoms with Crippen LogP contribution in [-0.4, -0.2) is 29.3 Å². The highest BCUT2D eigenvalue weighted by Gasteiger charge is 2.03. The lowest BCUT2D eigenvalue weighted by Crippen LogP contribution is -2.09. The van der Waals surface area contributed by atoms with Gasteiger partial charge in [-0.15, -0.1) is 0 Å². The van der Waals surface area contributed by atoms with Crippen molar-refractivity contribution in [1.29, 1.82) is 0 Å². The topological polar surface area (TPSA) is 35.5 Å². The van der Waals surface area contributed by atoms with Crippen molar-refractivity contribution in [3.05, 3.63) is 12.2 Å². The van der Waals surface area contributed by atoms with Gasteiger partial charge >= 0.3 is 5.97 Å². The molecule has 5 heteroatoms. The van der Waals surface area contributed by atoms with E-state index in [1.165, 1.54) is 11.8 Å². The van der Waals surface area contributed by atoms with Gasteiger partial charge in [-0.1, -0.05) is 18.3 Å². The van der Waals surface area contributed by atoms with Crippen LogP contribution in [-0.2, 0) is 14.3 Å². The Bertz CT molecular complexity index is 226. The molecule has 0 unspecified atom stereocenters. The van der Waals surface area contributed by atoms with E-state index in [9.17, 15) is 4.79 Å². The van der Waals surface area contributed by atoms with Gasteiger partial charge in [-0.2, -0.15) is 0 Å². The molecule has 0 atom stereocenters. The van der Waals surface area contributed by atoms with Gasteiger partial charge in [0, 0.05) is 11.3 Å². The van der Waals surface area contributed by atoms with Crippen LogP contribution >= 0.6 is 24.0 Å². The Hall–Kier alpha value is -0.550. The molecule has 0 aliphatic carbocycles. The molecule has 0 rings (SSSR count). The monoisotopic (exact) mass is 234 g/mol. The Morgan fingerprint density at radius 3 is 2.64 bits per heavy atom. The zero-order valence-corrected chi connectivity index (χ0v) is 10.0. The molecule has 3 nitrogen and oxygen atoms in total. The van der Waals surface area contributed by atoms with Crippen LogP contribution in [0.2, 0.25) is 0 Å². The number of rotatable bonds is 5. The lowest BCUT2D eigenvalue weighted by Gasteiger charge is -2.05. The first-order chi connectivity index (χ1) is 6.57. The average molecular weight is 234 g/mol. The van der Waals surface area contributed by atoms with Crippen molar-refractivity contribution in [2.24, 2.45) is 0 Å². The average Bonchev–Trinajstić information content (AvgIpc) is 2.12. The van der Waals surface area contributed by atoms with E-state index in [1.54, 1.807) is 6.92 Å². The van der Waals surface area contributed by atoms with E-state index >= 15 is 0 Å². The van der Waals surface area contributed by atoms with Crippen molar-refractivity contribution in [3.63, 3.8) is 0 Å². The van der Waals surface area contributed by atoms with E-state index in [-0.39, 0.29) is 5.97 Å². The maximum atomic E-state index is 10.9. The van der Waals surface area contributed by atoms with Crippen molar-refractivity contribution in [2.45, 2.75) is 13.8 Å². The highest BCUT2D eigenvalue weighted by atomic mass is 32.2. The summed E-state index contributed by atoms with van der Waals surface area (Å²) in [6.07, 6.45) is 0. The Morgan fingerprint density at radius 1 is 1.50 bits per heavy atom. The summed E-state index contributed by atoms with van der Waals surface area (Å²) in [5.41, 5.74) is 0.405. The number of carbonyl (C=O) groups is 1. The predicted octanol–water partition coefficient (Wildman–Crippen LogP) is 2.16. The molecule has 0 aromatic carbocycles. The molecule has 0 radical (unpaired) electrons. The third-order valence-corrected chi connectivity index (χ3v) is 2.34. The first-order valence-corrected chi connectivity index (χ1v) is 5.59. The summed E-state index contributed by atoms with van der Waals surface area (Å²) in [4.78, 5) is 10.9. The fourth-order valence-electron chi connectivity index (χ4n) is 0.542. The molecule has 0 heterocycles. The Morgan fingerprint density at radius 2 is 2.14 bits per heavy atom. The smallest absolute Gasteiger partial charge is 0.333 e. The van der Waals surface area contributed by atoms with Crippen molar-refractivity contribution in [3.8, 4) is 0 Å². The number of thiocarbonyl (C=S) groups is 1. The van der Waals surface area contributed by atoms with Crippen LogP contribution in [0.4, 0.5) is 0 Å². The lowest BCUT2D eigenvalue weighted by molar-refractivity contribution is -0.138. The molecule has 14 heavy (non-hydrogen) atoms. The number of carbonyl (C=O) groups excluding carboxylic acids is 1. The first kappa shape index (κ1) is 13.4. The van der Waals surface area contributed by atoms with Crippen molar-refractivity contribution in [1.82, 2.24) is 0 Å². The quantitative estimate of drug-likeness (QED) is 0.315. The van der Waals surface area contributed by atoms with Gasteiger partial charge in [0.2, 0.25) is 4.38 Å². The Kier molecular flexibility index (Phi) is 7.51. The summed E-state index contributed by atoms with van der Waals surface area (Å²) in [5.74, 6) is 0.241. The van der Waals surface area contributed by atoms with E-state index < -0.39 is 0 Å². The van der Waals surface area contributed by atoms with Crippen LogP contribution in [0.1, 0.15) is 13.8 Å². The first-order valence-electron chi connectivity index (χ1n) is 4.20. The Labute approximate surface area is 93.8 Å². The second kappa shape index (κ2) is 7.82. The minimum Gasteiger partial charge on any atom is -0.479 e. The van der Waals surface area contributed by atoms with Gasteiger partial charge in [0.05, 0.1) is 6.61 Å². The number of hydrogen-bond donors (Lipinski definition) is 0. The van der Waals surface area contributed by atoms with Crippen molar-refractivity contribution < 1.29 is 14.3 Å². The molecule has 0 amide bonds. The molecule has 0 aliphatic heterocycles. The number of ether oxygens (including phenoxy) is 2. The third kappa shape index (κ3) is 6.91. The number of thioether (sulfide) groups is 1. The summed E-state index contributed by atoms with van der Waals surface area (Å²) >= 11 is 6.22. The molecule has 0 saturated heterocycles. The molecule has 80 valence electrons. The number of hydrogen-bond acceptors (Lipinski definition) is 5. The third-order valence-electron chi connectivity index (χ3n) is 1.15. The van der Waals surface area contributed by atoms with E-state index in [0.717, 1.165) is 0 Å². The zero-order valence-electron chi connectivity index (χ0n) is 8.37. The van der Waals surface area contributed by atoms with Gasteiger partial charge in [0.25, 0.3) is 0 Å². The molecule has 0 bridgehead atoms. The van der Waals surface area contributed by atoms with E-state index in [0.29, 0.717) is 28.9 Å². The minimum absolute atomic E-state index is 0.323. The van der Waals surface area contributed by atoms with Crippen LogP contribution in [0.15, 0.2) is 12.2 Å². The zero-order chi connectivity index (χ0) is 11.0. The second-order valence-corrected chi connectivity index (χ2v) is 4.14. The van der Waals surface area contributed by atoms with E-state index in [4.69, 9.17) is 21.7 Å². The van der Waals surface area contributed by atoms with Crippen molar-refractivity contribution >= 4 is 34.3 Å². The second-order valence-electron chi connectivity index (χ2n) is 2.45. The van der Waals surface area contributed by atoms with Gasteiger partial charge in [0.15, 0.2) is 0 Å². The van der Waals surface area contributed by atoms with Gasteiger partial charge < -0.3 is 9.47 Å². The van der Waals surface area contributed by atoms with E-state index in [2.05, 4.69) is 6.58 Å². The van der Waals surface area contributed by atoms with Crippen LogP contribution in [0.3, 0.4) is 0 Å². The molecule has 0 N–H and O–H groups in total. The maximum Gasteiger partial charge on any atom is 0.333 e. The molecule has 0 spiro atoms. The SMILES string of the molecule is C=C(C)C(=O)OCCSC(=S)OCC. The van der Waals surface area contributed by atoms with Crippen LogP contribution in [0.25, 0.3) is 0 Å². The van der Waals surface area contributed by atoms with Gasteiger partial charge in [-0.25, -0.2) is 4.79 Å². The summed E-state index contributed by atoms with van der Waals surface area (Å²) in [6.45, 7) is 7.84. The maximum absolute atomic E-state index is 10.9. The molecular formula is C9H14O3S2. The number of esters is 1. The fraction of sp³-hybridized carbons (Fsp3) is 0.556. The molecule has 0 aliphatic rings. The van der Waals surface area contributed by atoms with E-state index in [1.807, 2.05) is 6.92 Å². The van der Waals surface area contributed by atoms with Gasteiger partial charge in [-0.05, 0) is 26.1 Å². The summed E-state index contributed by atoms with van der Waals surface area (Å²) in [7, 11) is 0. The molecular weight excluding hydrogens is 220 g/mol. The van der Waals surface area contributed by atoms with Crippen LogP contribution in [0, 0.1) is 0 Å². The molecule has 0 saturated carbocycles. The van der Waals surface area contributed by atoms with Gasteiger partial charge in [-0.3, -0.25) is 0 Å². The standard InChI is InChI=1S/C9H14O3S2/c1-4-11-9(13)14-6-5-12-8(10)7(2)3/h2,4-6H2,1,3H3. The lowest BCUT2D eigenvalue weighted by atomic mass is 10.4. The summed E-state index contributed by atoms with van der Waals surface area (Å²) in [5, 5.41) is 0. The molecule has 0 aromatic heterocycles. The van der Waals surface area contributed by atoms with Crippen LogP contribution < -0.4 is 0 Å². The fourth-order valence-corrected chi connectivity index (χ4v) is 1.44. The largest absolute Gasteiger partial charge is 0.479 e. The highest BCUT2D eigenvalue weighted by Crippen LogP contribution is 2.05. The highest BCUT2D eigenvalue weighted by molar-refractivity contribution is 8.22. The molecule has 0 aromatic rings. The van der Waals surface area contributed by atoms with Crippen LogP contribution in [0.5, 0.6) is 0 Å². The predicted molar refractivity (Wildman–Crippen MR) is 62.5 cm³/mol. The summed E-state index contributed by atoms with van der Waals surface area (Å²) in [6, 6.07) is 0.